The minimum absolute atomic E-state index is 0.156. The second-order valence-electron chi connectivity index (χ2n) is 5.09. The monoisotopic (exact) mass is 262 g/mol. The topological polar surface area (TPSA) is 55.6 Å². The first kappa shape index (κ1) is 14.0. The summed E-state index contributed by atoms with van der Waals surface area (Å²) in [7, 11) is 0. The molecule has 1 fully saturated rings. The smallest absolute Gasteiger partial charge is 0.219 e. The Labute approximate surface area is 114 Å². The maximum absolute atomic E-state index is 11.4. The predicted molar refractivity (Wildman–Crippen MR) is 74.8 cm³/mol. The molecule has 1 aliphatic rings. The molecule has 2 rings (SSSR count). The highest BCUT2D eigenvalue weighted by molar-refractivity contribution is 5.74. The Morgan fingerprint density at radius 1 is 1.32 bits per heavy atom. The molecule has 0 bridgehead atoms. The Bertz CT molecular complexity index is 402. The lowest BCUT2D eigenvalue weighted by Crippen LogP contribution is -2.47. The Kier molecular flexibility index (Phi) is 4.93. The molecule has 0 saturated carbocycles. The second kappa shape index (κ2) is 6.68. The summed E-state index contributed by atoms with van der Waals surface area (Å²) < 4.78 is 5.38. The number of rotatable bonds is 5. The summed E-state index contributed by atoms with van der Waals surface area (Å²) in [6, 6.07) is 10.5. The fourth-order valence-electron chi connectivity index (χ4n) is 2.72. The van der Waals surface area contributed by atoms with Gasteiger partial charge in [0.15, 0.2) is 0 Å². The molecule has 0 aliphatic carbocycles. The zero-order valence-electron chi connectivity index (χ0n) is 11.4. The van der Waals surface area contributed by atoms with Crippen LogP contribution in [0.3, 0.4) is 0 Å². The molecule has 1 saturated heterocycles. The van der Waals surface area contributed by atoms with Crippen molar-refractivity contribution in [2.75, 3.05) is 26.3 Å². The first-order chi connectivity index (χ1) is 9.18. The highest BCUT2D eigenvalue weighted by Crippen LogP contribution is 2.26. The number of hydrogen-bond acceptors (Lipinski definition) is 3. The highest BCUT2D eigenvalue weighted by atomic mass is 16.5. The van der Waals surface area contributed by atoms with Gasteiger partial charge >= 0.3 is 0 Å². The molecule has 0 unspecified atom stereocenters. The van der Waals surface area contributed by atoms with Crippen molar-refractivity contribution in [1.82, 2.24) is 4.90 Å². The molecule has 0 spiro atoms. The number of benzene rings is 1. The summed E-state index contributed by atoms with van der Waals surface area (Å²) >= 11 is 0. The third-order valence-corrected chi connectivity index (χ3v) is 3.83. The van der Waals surface area contributed by atoms with E-state index in [-0.39, 0.29) is 17.9 Å². The Morgan fingerprint density at radius 2 is 1.95 bits per heavy atom. The lowest BCUT2D eigenvalue weighted by atomic mass is 9.89. The Balaban J connectivity index is 2.14. The van der Waals surface area contributed by atoms with Crippen LogP contribution in [0.1, 0.15) is 24.8 Å². The van der Waals surface area contributed by atoms with Gasteiger partial charge in [-0.25, -0.2) is 0 Å². The number of carbonyl (C=O) groups excluding carboxylic acids is 1. The van der Waals surface area contributed by atoms with Crippen LogP contribution in [-0.2, 0) is 9.53 Å². The summed E-state index contributed by atoms with van der Waals surface area (Å²) in [6.07, 6.45) is 0.399. The van der Waals surface area contributed by atoms with E-state index in [0.717, 1.165) is 26.3 Å². The Morgan fingerprint density at radius 3 is 2.53 bits per heavy atom. The molecule has 0 aromatic heterocycles. The van der Waals surface area contributed by atoms with Crippen LogP contribution in [0.5, 0.6) is 0 Å². The summed E-state index contributed by atoms with van der Waals surface area (Å²) in [6.45, 7) is 5.37. The van der Waals surface area contributed by atoms with E-state index in [1.54, 1.807) is 0 Å². The maximum Gasteiger partial charge on any atom is 0.219 e. The molecule has 4 heteroatoms. The van der Waals surface area contributed by atoms with Crippen molar-refractivity contribution in [3.05, 3.63) is 35.9 Å². The molecular weight excluding hydrogens is 240 g/mol. The van der Waals surface area contributed by atoms with Crippen molar-refractivity contribution < 1.29 is 9.53 Å². The zero-order chi connectivity index (χ0) is 13.7. The van der Waals surface area contributed by atoms with E-state index in [9.17, 15) is 4.79 Å². The zero-order valence-corrected chi connectivity index (χ0v) is 11.4. The molecular formula is C15H22N2O2. The number of carbonyl (C=O) groups is 1. The van der Waals surface area contributed by atoms with E-state index in [4.69, 9.17) is 10.5 Å². The number of hydrogen-bond donors (Lipinski definition) is 1. The van der Waals surface area contributed by atoms with Gasteiger partial charge < -0.3 is 10.5 Å². The maximum atomic E-state index is 11.4. The average molecular weight is 262 g/mol. The molecule has 1 aromatic carbocycles. The summed E-state index contributed by atoms with van der Waals surface area (Å²) in [5.41, 5.74) is 6.67. The van der Waals surface area contributed by atoms with Crippen LogP contribution in [-0.4, -0.2) is 43.2 Å². The van der Waals surface area contributed by atoms with Crippen LogP contribution in [0.15, 0.2) is 30.3 Å². The van der Waals surface area contributed by atoms with Gasteiger partial charge in [0.25, 0.3) is 0 Å². The number of ether oxygens (including phenoxy) is 1. The third-order valence-electron chi connectivity index (χ3n) is 3.83. The largest absolute Gasteiger partial charge is 0.379 e. The molecule has 0 radical (unpaired) electrons. The van der Waals surface area contributed by atoms with Gasteiger partial charge in [0.2, 0.25) is 5.91 Å². The lowest BCUT2D eigenvalue weighted by Gasteiger charge is -2.37. The van der Waals surface area contributed by atoms with Crippen LogP contribution < -0.4 is 5.73 Å². The van der Waals surface area contributed by atoms with Crippen molar-refractivity contribution in [1.29, 1.82) is 0 Å². The van der Waals surface area contributed by atoms with E-state index in [1.165, 1.54) is 5.56 Å². The molecule has 1 aromatic rings. The minimum Gasteiger partial charge on any atom is -0.379 e. The Hall–Kier alpha value is -1.39. The number of nitrogens with two attached hydrogens (primary N) is 1. The van der Waals surface area contributed by atoms with E-state index in [1.807, 2.05) is 18.2 Å². The van der Waals surface area contributed by atoms with E-state index in [0.29, 0.717) is 6.42 Å². The molecule has 2 N–H and O–H groups in total. The highest BCUT2D eigenvalue weighted by Gasteiger charge is 2.28. The van der Waals surface area contributed by atoms with Gasteiger partial charge in [0.1, 0.15) is 0 Å². The van der Waals surface area contributed by atoms with Crippen molar-refractivity contribution in [2.45, 2.75) is 25.3 Å². The molecule has 1 aliphatic heterocycles. The minimum atomic E-state index is -0.237. The number of primary amides is 1. The van der Waals surface area contributed by atoms with Crippen LogP contribution in [0.2, 0.25) is 0 Å². The van der Waals surface area contributed by atoms with Crippen LogP contribution in [0.25, 0.3) is 0 Å². The normalized spacial score (nSPS) is 19.8. The summed E-state index contributed by atoms with van der Waals surface area (Å²) in [5, 5.41) is 0. The van der Waals surface area contributed by atoms with Crippen LogP contribution >= 0.6 is 0 Å². The lowest BCUT2D eigenvalue weighted by molar-refractivity contribution is -0.120. The average Bonchev–Trinajstić information content (AvgIpc) is 2.46. The number of morpholine rings is 1. The quantitative estimate of drug-likeness (QED) is 0.872. The molecule has 1 amide bonds. The first-order valence-electron chi connectivity index (χ1n) is 6.83. The van der Waals surface area contributed by atoms with Gasteiger partial charge in [0.05, 0.1) is 13.2 Å². The van der Waals surface area contributed by atoms with Crippen molar-refractivity contribution in [3.63, 3.8) is 0 Å². The van der Waals surface area contributed by atoms with Gasteiger partial charge in [-0.15, -0.1) is 0 Å². The fraction of sp³-hybridized carbons (Fsp3) is 0.533. The summed E-state index contributed by atoms with van der Waals surface area (Å²) in [4.78, 5) is 13.7. The van der Waals surface area contributed by atoms with Gasteiger partial charge in [-0.3, -0.25) is 9.69 Å². The van der Waals surface area contributed by atoms with Crippen molar-refractivity contribution >= 4 is 5.91 Å². The first-order valence-corrected chi connectivity index (χ1v) is 6.83. The second-order valence-corrected chi connectivity index (χ2v) is 5.09. The third kappa shape index (κ3) is 3.78. The molecule has 1 heterocycles. The van der Waals surface area contributed by atoms with E-state index in [2.05, 4.69) is 24.0 Å². The molecule has 19 heavy (non-hydrogen) atoms. The van der Waals surface area contributed by atoms with E-state index < -0.39 is 0 Å². The van der Waals surface area contributed by atoms with Crippen molar-refractivity contribution in [3.8, 4) is 0 Å². The summed E-state index contributed by atoms with van der Waals surface area (Å²) in [5.74, 6) is 0.0473. The van der Waals surface area contributed by atoms with Gasteiger partial charge in [-0.1, -0.05) is 37.3 Å². The SMILES string of the molecule is C[C@@H](c1ccccc1)[C@H](CC(N)=O)N1CCOCC1. The number of amides is 1. The van der Waals surface area contributed by atoms with Gasteiger partial charge in [0, 0.05) is 25.6 Å². The molecule has 2 atom stereocenters. The predicted octanol–water partition coefficient (Wildman–Crippen LogP) is 1.37. The van der Waals surface area contributed by atoms with Crippen molar-refractivity contribution in [2.24, 2.45) is 5.73 Å². The van der Waals surface area contributed by atoms with Crippen LogP contribution in [0, 0.1) is 0 Å². The number of nitrogens with zero attached hydrogens (tertiary/aromatic N) is 1. The molecule has 4 nitrogen and oxygen atoms in total. The fourth-order valence-corrected chi connectivity index (χ4v) is 2.72. The van der Waals surface area contributed by atoms with Crippen LogP contribution in [0.4, 0.5) is 0 Å². The van der Waals surface area contributed by atoms with Gasteiger partial charge in [-0.05, 0) is 11.5 Å². The van der Waals surface area contributed by atoms with Gasteiger partial charge in [-0.2, -0.15) is 0 Å². The standard InChI is InChI=1S/C15H22N2O2/c1-12(13-5-3-2-4-6-13)14(11-15(16)18)17-7-9-19-10-8-17/h2-6,12,14H,7-11H2,1H3,(H2,16,18)/t12-,14-/m0/s1. The van der Waals surface area contributed by atoms with E-state index >= 15 is 0 Å². The molecule has 104 valence electrons.